The van der Waals surface area contributed by atoms with Gasteiger partial charge in [-0.05, 0) is 24.6 Å². The molecule has 0 bridgehead atoms. The molecular formula is C24H27N7O4. The fourth-order valence-corrected chi connectivity index (χ4v) is 3.27. The van der Waals surface area contributed by atoms with Crippen molar-refractivity contribution in [2.75, 3.05) is 55.2 Å². The molecule has 0 atom stereocenters. The van der Waals surface area contributed by atoms with Crippen molar-refractivity contribution < 1.29 is 19.0 Å². The van der Waals surface area contributed by atoms with E-state index < -0.39 is 6.09 Å². The van der Waals surface area contributed by atoms with Gasteiger partial charge in [-0.1, -0.05) is 29.8 Å². The van der Waals surface area contributed by atoms with E-state index in [1.807, 2.05) is 37.3 Å². The van der Waals surface area contributed by atoms with Crippen molar-refractivity contribution in [2.45, 2.75) is 6.92 Å². The van der Waals surface area contributed by atoms with E-state index in [-0.39, 0.29) is 19.2 Å². The maximum atomic E-state index is 11.9. The second-order valence-electron chi connectivity index (χ2n) is 7.63. The van der Waals surface area contributed by atoms with E-state index in [4.69, 9.17) is 14.2 Å². The summed E-state index contributed by atoms with van der Waals surface area (Å²) < 4.78 is 16.2. The van der Waals surface area contributed by atoms with E-state index in [1.165, 1.54) is 6.20 Å². The molecule has 0 radical (unpaired) electrons. The largest absolute Gasteiger partial charge is 0.460 e. The lowest BCUT2D eigenvalue weighted by molar-refractivity contribution is 0.122. The maximum absolute atomic E-state index is 11.9. The van der Waals surface area contributed by atoms with E-state index >= 15 is 0 Å². The minimum absolute atomic E-state index is 0.0194. The average molecular weight is 478 g/mol. The molecule has 35 heavy (non-hydrogen) atoms. The highest BCUT2D eigenvalue weighted by Crippen LogP contribution is 2.20. The Morgan fingerprint density at radius 3 is 2.86 bits per heavy atom. The van der Waals surface area contributed by atoms with Crippen molar-refractivity contribution in [3.63, 3.8) is 0 Å². The number of anilines is 3. The minimum atomic E-state index is -0.600. The molecule has 0 spiro atoms. The van der Waals surface area contributed by atoms with Crippen LogP contribution in [0.1, 0.15) is 11.1 Å². The summed E-state index contributed by atoms with van der Waals surface area (Å²) in [5, 5.41) is 6.88. The number of carbonyl (C=O) groups is 1. The Labute approximate surface area is 203 Å². The number of aromatic nitrogens is 3. The number of benzene rings is 1. The van der Waals surface area contributed by atoms with Gasteiger partial charge >= 0.3 is 12.1 Å². The van der Waals surface area contributed by atoms with Crippen LogP contribution in [-0.4, -0.2) is 66.8 Å². The van der Waals surface area contributed by atoms with E-state index in [2.05, 4.69) is 35.7 Å². The molecule has 0 aliphatic carbocycles. The van der Waals surface area contributed by atoms with Crippen LogP contribution in [0.3, 0.4) is 0 Å². The van der Waals surface area contributed by atoms with Crippen LogP contribution >= 0.6 is 0 Å². The molecule has 1 amide bonds. The van der Waals surface area contributed by atoms with Gasteiger partial charge in [0, 0.05) is 25.4 Å². The van der Waals surface area contributed by atoms with Crippen molar-refractivity contribution in [1.29, 1.82) is 0 Å². The lowest BCUT2D eigenvalue weighted by Crippen LogP contribution is -2.36. The zero-order chi connectivity index (χ0) is 24.3. The predicted molar refractivity (Wildman–Crippen MR) is 132 cm³/mol. The molecule has 4 rings (SSSR count). The maximum Gasteiger partial charge on any atom is 0.411 e. The third kappa shape index (κ3) is 7.64. The molecule has 11 nitrogen and oxygen atoms in total. The molecule has 1 aliphatic rings. The van der Waals surface area contributed by atoms with Crippen molar-refractivity contribution in [3.8, 4) is 6.01 Å². The average Bonchev–Trinajstić information content (AvgIpc) is 2.88. The van der Waals surface area contributed by atoms with Crippen LogP contribution in [0.15, 0.2) is 60.0 Å². The van der Waals surface area contributed by atoms with Crippen LogP contribution < -0.4 is 20.4 Å². The first-order chi connectivity index (χ1) is 17.2. The van der Waals surface area contributed by atoms with Gasteiger partial charge in [0.05, 0.1) is 31.3 Å². The van der Waals surface area contributed by atoms with Gasteiger partial charge in [-0.2, -0.15) is 15.1 Å². The molecule has 1 aromatic carbocycles. The Morgan fingerprint density at radius 2 is 2.06 bits per heavy atom. The van der Waals surface area contributed by atoms with E-state index in [0.29, 0.717) is 43.6 Å². The highest BCUT2D eigenvalue weighted by atomic mass is 16.6. The second-order valence-corrected chi connectivity index (χ2v) is 7.63. The van der Waals surface area contributed by atoms with E-state index in [1.54, 1.807) is 24.5 Å². The van der Waals surface area contributed by atoms with Crippen LogP contribution in [0.4, 0.5) is 22.1 Å². The van der Waals surface area contributed by atoms with Crippen molar-refractivity contribution in [1.82, 2.24) is 15.0 Å². The van der Waals surface area contributed by atoms with E-state index in [9.17, 15) is 4.79 Å². The Hall–Kier alpha value is -4.25. The van der Waals surface area contributed by atoms with Gasteiger partial charge < -0.3 is 19.1 Å². The number of rotatable bonds is 9. The van der Waals surface area contributed by atoms with Gasteiger partial charge in [-0.25, -0.2) is 4.79 Å². The van der Waals surface area contributed by atoms with Crippen LogP contribution in [0.25, 0.3) is 0 Å². The quantitative estimate of drug-likeness (QED) is 0.272. The van der Waals surface area contributed by atoms with Gasteiger partial charge in [0.1, 0.15) is 19.0 Å². The molecule has 3 aromatic rings. The molecule has 182 valence electrons. The number of aryl methyl sites for hydroxylation is 1. The molecule has 2 aromatic heterocycles. The number of carbonyl (C=O) groups excluding carboxylic acids is 1. The van der Waals surface area contributed by atoms with Gasteiger partial charge in [0.2, 0.25) is 0 Å². The van der Waals surface area contributed by atoms with Gasteiger partial charge in [-0.3, -0.25) is 15.7 Å². The van der Waals surface area contributed by atoms with Gasteiger partial charge in [-0.15, -0.1) is 0 Å². The Kier molecular flexibility index (Phi) is 8.38. The number of nitrogens with zero attached hydrogens (tertiary/aromatic N) is 5. The number of morpholine rings is 1. The van der Waals surface area contributed by atoms with Crippen molar-refractivity contribution >= 4 is 29.6 Å². The Balaban J connectivity index is 1.36. The number of ether oxygens (including phenoxy) is 3. The first kappa shape index (κ1) is 23.9. The molecule has 3 heterocycles. The summed E-state index contributed by atoms with van der Waals surface area (Å²) in [4.78, 5) is 26.8. The number of amides is 1. The zero-order valence-corrected chi connectivity index (χ0v) is 19.4. The van der Waals surface area contributed by atoms with E-state index in [0.717, 1.165) is 11.1 Å². The molecule has 0 unspecified atom stereocenters. The SMILES string of the molecule is Cc1cccc(/C=N/Nc2cc(N3CCOCC3)nc(OCCOC(=O)Nc3cccnc3)n2)c1. The monoisotopic (exact) mass is 477 g/mol. The number of hydrogen-bond acceptors (Lipinski definition) is 10. The number of pyridine rings is 1. The summed E-state index contributed by atoms with van der Waals surface area (Å²) in [6.07, 6.45) is 4.27. The fraction of sp³-hybridized carbons (Fsp3) is 0.292. The molecule has 1 aliphatic heterocycles. The third-order valence-corrected chi connectivity index (χ3v) is 4.92. The molecule has 2 N–H and O–H groups in total. The summed E-state index contributed by atoms with van der Waals surface area (Å²) >= 11 is 0. The molecule has 1 fully saturated rings. The van der Waals surface area contributed by atoms with Crippen molar-refractivity contribution in [2.24, 2.45) is 5.10 Å². The van der Waals surface area contributed by atoms with Crippen molar-refractivity contribution in [3.05, 3.63) is 66.0 Å². The second kappa shape index (κ2) is 12.3. The summed E-state index contributed by atoms with van der Waals surface area (Å²) in [6.45, 7) is 4.78. The molecule has 0 saturated carbocycles. The first-order valence-electron chi connectivity index (χ1n) is 11.2. The van der Waals surface area contributed by atoms with Gasteiger partial charge in [0.15, 0.2) is 5.82 Å². The smallest absolute Gasteiger partial charge is 0.411 e. The highest BCUT2D eigenvalue weighted by molar-refractivity contribution is 5.84. The zero-order valence-electron chi connectivity index (χ0n) is 19.4. The Bertz CT molecular complexity index is 1140. The molecule has 1 saturated heterocycles. The summed E-state index contributed by atoms with van der Waals surface area (Å²) in [5.41, 5.74) is 5.61. The summed E-state index contributed by atoms with van der Waals surface area (Å²) in [7, 11) is 0. The number of hydrazone groups is 1. The normalized spacial score (nSPS) is 13.5. The summed E-state index contributed by atoms with van der Waals surface area (Å²) in [5.74, 6) is 1.18. The third-order valence-electron chi connectivity index (χ3n) is 4.92. The van der Waals surface area contributed by atoms with Gasteiger partial charge in [0.25, 0.3) is 0 Å². The van der Waals surface area contributed by atoms with Crippen LogP contribution in [-0.2, 0) is 9.47 Å². The number of nitrogens with one attached hydrogen (secondary N) is 2. The lowest BCUT2D eigenvalue weighted by atomic mass is 10.2. The van der Waals surface area contributed by atoms with Crippen LogP contribution in [0.2, 0.25) is 0 Å². The van der Waals surface area contributed by atoms with Crippen LogP contribution in [0, 0.1) is 6.92 Å². The first-order valence-corrected chi connectivity index (χ1v) is 11.2. The Morgan fingerprint density at radius 1 is 1.17 bits per heavy atom. The minimum Gasteiger partial charge on any atom is -0.460 e. The molecule has 11 heteroatoms. The standard InChI is InChI=1S/C24H27N7O4/c1-18-4-2-5-19(14-18)16-26-30-21-15-22(31-8-10-33-11-9-31)29-23(28-21)34-12-13-35-24(32)27-20-6-3-7-25-17-20/h2-7,14-17H,8-13H2,1H3,(H,27,32)(H,28,29,30)/b26-16+. The lowest BCUT2D eigenvalue weighted by Gasteiger charge is -2.28. The molecular weight excluding hydrogens is 450 g/mol. The predicted octanol–water partition coefficient (Wildman–Crippen LogP) is 3.09. The highest BCUT2D eigenvalue weighted by Gasteiger charge is 2.16. The number of hydrogen-bond donors (Lipinski definition) is 2. The van der Waals surface area contributed by atoms with Crippen LogP contribution in [0.5, 0.6) is 6.01 Å². The fourth-order valence-electron chi connectivity index (χ4n) is 3.27. The topological polar surface area (TPSA) is 123 Å². The summed E-state index contributed by atoms with van der Waals surface area (Å²) in [6, 6.07) is 13.4.